The molecule has 43 heavy (non-hydrogen) atoms. The number of nitrogens with one attached hydrogen (secondary N) is 1. The molecule has 1 fully saturated rings. The second-order valence-corrected chi connectivity index (χ2v) is 11.2. The lowest BCUT2D eigenvalue weighted by Crippen LogP contribution is -3.11. The molecule has 3 aromatic carbocycles. The van der Waals surface area contributed by atoms with Gasteiger partial charge in [0.25, 0.3) is 5.91 Å². The molecule has 8 nitrogen and oxygen atoms in total. The molecule has 0 aromatic heterocycles. The summed E-state index contributed by atoms with van der Waals surface area (Å²) in [6, 6.07) is 19.6. The fraction of sp³-hybridized carbons (Fsp3) is 0.371. The number of nitrogens with zero attached hydrogens (tertiary/aromatic N) is 1. The van der Waals surface area contributed by atoms with Gasteiger partial charge in [0.15, 0.2) is 11.5 Å². The maximum absolute atomic E-state index is 14.0. The van der Waals surface area contributed by atoms with E-state index >= 15 is 0 Å². The number of fused-ring (bicyclic) bond motifs is 1. The van der Waals surface area contributed by atoms with E-state index in [1.54, 1.807) is 42.3 Å². The molecule has 3 aromatic rings. The van der Waals surface area contributed by atoms with Crippen LogP contribution in [-0.4, -0.2) is 56.0 Å². The van der Waals surface area contributed by atoms with Crippen molar-refractivity contribution in [3.8, 4) is 17.2 Å². The Morgan fingerprint density at radius 2 is 1.79 bits per heavy atom. The minimum atomic E-state index is -0.834. The smallest absolute Gasteiger partial charge is 0.295 e. The van der Waals surface area contributed by atoms with Crippen molar-refractivity contribution >= 4 is 17.4 Å². The number of carbonyl (C=O) groups excluding carboxylic acids is 2. The van der Waals surface area contributed by atoms with Crippen LogP contribution in [0.4, 0.5) is 0 Å². The molecule has 5 rings (SSSR count). The monoisotopic (exact) mass is 584 g/mol. The number of methoxy groups -OCH3 is 1. The third kappa shape index (κ3) is 6.39. The lowest BCUT2D eigenvalue weighted by molar-refractivity contribution is -0.896. The van der Waals surface area contributed by atoms with Gasteiger partial charge in [0.05, 0.1) is 32.8 Å². The predicted molar refractivity (Wildman–Crippen MR) is 162 cm³/mol. The fourth-order valence-corrected chi connectivity index (χ4v) is 5.98. The normalized spacial score (nSPS) is 19.0. The highest BCUT2D eigenvalue weighted by atomic mass is 16.5. The van der Waals surface area contributed by atoms with E-state index in [9.17, 15) is 14.7 Å². The summed E-state index contributed by atoms with van der Waals surface area (Å²) in [5.74, 6) is -0.101. The van der Waals surface area contributed by atoms with Gasteiger partial charge in [0.2, 0.25) is 5.78 Å². The van der Waals surface area contributed by atoms with Crippen molar-refractivity contribution < 1.29 is 33.8 Å². The Morgan fingerprint density at radius 1 is 1.02 bits per heavy atom. The zero-order valence-electron chi connectivity index (χ0n) is 25.4. The summed E-state index contributed by atoms with van der Waals surface area (Å²) in [6.45, 7) is 9.77. The van der Waals surface area contributed by atoms with E-state index in [-0.39, 0.29) is 11.7 Å². The van der Waals surface area contributed by atoms with Crippen molar-refractivity contribution in [3.63, 3.8) is 0 Å². The molecule has 1 amide bonds. The molecule has 2 heterocycles. The first-order valence-electron chi connectivity index (χ1n) is 15.1. The van der Waals surface area contributed by atoms with Gasteiger partial charge in [0.1, 0.15) is 18.5 Å². The highest BCUT2D eigenvalue weighted by Gasteiger charge is 2.44. The molecule has 2 atom stereocenters. The molecular weight excluding hydrogens is 544 g/mol. The topological polar surface area (TPSA) is 92.6 Å². The van der Waals surface area contributed by atoms with Crippen LogP contribution >= 0.6 is 0 Å². The molecule has 0 spiro atoms. The molecule has 2 aliphatic heterocycles. The van der Waals surface area contributed by atoms with Gasteiger partial charge in [0, 0.05) is 25.0 Å². The molecule has 1 N–H and O–H groups in total. The average Bonchev–Trinajstić information content (AvgIpc) is 3.53. The van der Waals surface area contributed by atoms with E-state index in [1.165, 1.54) is 4.90 Å². The number of quaternary nitrogens is 1. The second-order valence-electron chi connectivity index (χ2n) is 11.2. The second kappa shape index (κ2) is 13.3. The van der Waals surface area contributed by atoms with Crippen LogP contribution in [0.25, 0.3) is 5.76 Å². The molecular formula is C35H40N2O6. The van der Waals surface area contributed by atoms with Gasteiger partial charge in [-0.2, -0.15) is 0 Å². The number of Topliss-reactive ketones (excluding diaryl/α,β-unsaturated/α-hetero) is 1. The van der Waals surface area contributed by atoms with Gasteiger partial charge < -0.3 is 29.1 Å². The third-order valence-electron chi connectivity index (χ3n) is 8.36. The Morgan fingerprint density at radius 3 is 2.51 bits per heavy atom. The number of rotatable bonds is 12. The lowest BCUT2D eigenvalue weighted by atomic mass is 9.94. The maximum Gasteiger partial charge on any atom is 0.295 e. The quantitative estimate of drug-likeness (QED) is 0.200. The average molecular weight is 585 g/mol. The summed E-state index contributed by atoms with van der Waals surface area (Å²) in [4.78, 5) is 30.0. The number of ketones is 1. The summed E-state index contributed by atoms with van der Waals surface area (Å²) >= 11 is 0. The Balaban J connectivity index is 1.52. The van der Waals surface area contributed by atoms with Crippen LogP contribution in [0.1, 0.15) is 55.5 Å². The SMILES string of the molecule is CC[NH+](CC)CCCN1C(=O)C(=O)C(=C([O-])c2ccc3c(c2)CC(C)O3)C1c1ccc(OCc2ccccc2)c(OC)c1. The number of hydrogen-bond donors (Lipinski definition) is 1. The number of benzene rings is 3. The van der Waals surface area contributed by atoms with Gasteiger partial charge in [-0.15, -0.1) is 0 Å². The van der Waals surface area contributed by atoms with Gasteiger partial charge in [-0.05, 0) is 67.3 Å². The minimum Gasteiger partial charge on any atom is -0.872 e. The van der Waals surface area contributed by atoms with Crippen molar-refractivity contribution in [2.24, 2.45) is 0 Å². The maximum atomic E-state index is 14.0. The lowest BCUT2D eigenvalue weighted by Gasteiger charge is -2.28. The van der Waals surface area contributed by atoms with Crippen molar-refractivity contribution in [1.29, 1.82) is 0 Å². The van der Waals surface area contributed by atoms with Crippen molar-refractivity contribution in [2.45, 2.75) is 52.4 Å². The van der Waals surface area contributed by atoms with Crippen LogP contribution in [0.2, 0.25) is 0 Å². The number of ether oxygens (including phenoxy) is 3. The summed E-state index contributed by atoms with van der Waals surface area (Å²) in [5.41, 5.74) is 2.90. The minimum absolute atomic E-state index is 0.0222. The fourth-order valence-electron chi connectivity index (χ4n) is 5.98. The summed E-state index contributed by atoms with van der Waals surface area (Å²) in [7, 11) is 1.55. The summed E-state index contributed by atoms with van der Waals surface area (Å²) in [6.07, 6.45) is 1.41. The molecule has 2 aliphatic rings. The molecule has 8 heteroatoms. The Labute approximate surface area is 253 Å². The molecule has 2 unspecified atom stereocenters. The highest BCUT2D eigenvalue weighted by Crippen LogP contribution is 2.42. The van der Waals surface area contributed by atoms with Crippen LogP contribution in [0, 0.1) is 0 Å². The molecule has 0 radical (unpaired) electrons. The number of hydrogen-bond acceptors (Lipinski definition) is 6. The van der Waals surface area contributed by atoms with Crippen molar-refractivity contribution in [3.05, 3.63) is 94.6 Å². The summed E-state index contributed by atoms with van der Waals surface area (Å²) < 4.78 is 17.5. The van der Waals surface area contributed by atoms with E-state index in [0.29, 0.717) is 48.6 Å². The highest BCUT2D eigenvalue weighted by molar-refractivity contribution is 6.46. The summed E-state index contributed by atoms with van der Waals surface area (Å²) in [5, 5.41) is 14.0. The van der Waals surface area contributed by atoms with E-state index in [0.717, 1.165) is 36.5 Å². The molecule has 0 saturated carbocycles. The Kier molecular flexibility index (Phi) is 9.36. The molecule has 0 bridgehead atoms. The van der Waals surface area contributed by atoms with Crippen LogP contribution in [0.15, 0.2) is 72.3 Å². The molecule has 226 valence electrons. The first kappa shape index (κ1) is 30.2. The first-order valence-corrected chi connectivity index (χ1v) is 15.1. The van der Waals surface area contributed by atoms with Crippen LogP contribution in [-0.2, 0) is 22.6 Å². The third-order valence-corrected chi connectivity index (χ3v) is 8.36. The zero-order chi connectivity index (χ0) is 30.5. The van der Waals surface area contributed by atoms with Gasteiger partial charge in [-0.25, -0.2) is 0 Å². The first-order chi connectivity index (χ1) is 20.8. The van der Waals surface area contributed by atoms with Gasteiger partial charge in [-0.3, -0.25) is 9.59 Å². The number of carbonyl (C=O) groups is 2. The van der Waals surface area contributed by atoms with E-state index < -0.39 is 23.5 Å². The van der Waals surface area contributed by atoms with Crippen molar-refractivity contribution in [2.75, 3.05) is 33.3 Å². The van der Waals surface area contributed by atoms with E-state index in [2.05, 4.69) is 13.8 Å². The van der Waals surface area contributed by atoms with E-state index in [4.69, 9.17) is 14.2 Å². The predicted octanol–water partition coefficient (Wildman–Crippen LogP) is 3.14. The van der Waals surface area contributed by atoms with Crippen LogP contribution < -0.4 is 24.2 Å². The van der Waals surface area contributed by atoms with Crippen molar-refractivity contribution in [1.82, 2.24) is 4.90 Å². The molecule has 1 saturated heterocycles. The van der Waals surface area contributed by atoms with Crippen LogP contribution in [0.3, 0.4) is 0 Å². The molecule has 0 aliphatic carbocycles. The van der Waals surface area contributed by atoms with E-state index in [1.807, 2.05) is 43.3 Å². The van der Waals surface area contributed by atoms with Gasteiger partial charge in [-0.1, -0.05) is 48.2 Å². The number of amides is 1. The number of likely N-dealkylation sites (tertiary alicyclic amines) is 1. The van der Waals surface area contributed by atoms with Crippen LogP contribution in [0.5, 0.6) is 17.2 Å². The standard InChI is InChI=1S/C35H40N2O6/c1-5-36(6-2)17-10-18-37-32(25-13-16-29(30(21-25)41-4)42-22-24-11-8-7-9-12-24)31(34(39)35(37)40)33(38)26-14-15-28-27(20-26)19-23(3)43-28/h7-9,11-16,20-21,23,32,38H,5-6,10,17-19,22H2,1-4H3. The zero-order valence-corrected chi connectivity index (χ0v) is 25.4. The van der Waals surface area contributed by atoms with Gasteiger partial charge >= 0.3 is 0 Å². The largest absolute Gasteiger partial charge is 0.872 e. The Bertz CT molecular complexity index is 1500. The Hall–Kier alpha value is -4.30.